The summed E-state index contributed by atoms with van der Waals surface area (Å²) in [5, 5.41) is 13.9. The van der Waals surface area contributed by atoms with Crippen LogP contribution in [0.1, 0.15) is 13.8 Å². The Morgan fingerprint density at radius 3 is 2.81 bits per heavy atom. The van der Waals surface area contributed by atoms with E-state index in [2.05, 4.69) is 24.1 Å². The highest BCUT2D eigenvalue weighted by atomic mass is 32.2. The molecule has 0 amide bonds. The third-order valence-electron chi connectivity index (χ3n) is 2.11. The largest absolute Gasteiger partial charge is 0.391 e. The van der Waals surface area contributed by atoms with Gasteiger partial charge in [0, 0.05) is 31.7 Å². The van der Waals surface area contributed by atoms with Crippen LogP contribution in [0.25, 0.3) is 0 Å². The third kappa shape index (κ3) is 5.01. The number of nitrogens with one attached hydrogen (secondary N) is 1. The van der Waals surface area contributed by atoms with E-state index in [-0.39, 0.29) is 6.10 Å². The summed E-state index contributed by atoms with van der Waals surface area (Å²) < 4.78 is 1.96. The first-order valence-electron chi connectivity index (χ1n) is 5.58. The van der Waals surface area contributed by atoms with Crippen molar-refractivity contribution in [2.24, 2.45) is 13.0 Å². The second-order valence-electron chi connectivity index (χ2n) is 4.34. The van der Waals surface area contributed by atoms with Crippen LogP contribution in [0.15, 0.2) is 17.6 Å². The molecule has 0 bridgehead atoms. The van der Waals surface area contributed by atoms with E-state index in [4.69, 9.17) is 0 Å². The molecule has 4 nitrogen and oxygen atoms in total. The van der Waals surface area contributed by atoms with Gasteiger partial charge in [-0.3, -0.25) is 0 Å². The molecule has 1 aromatic heterocycles. The van der Waals surface area contributed by atoms with E-state index >= 15 is 0 Å². The fourth-order valence-electron chi connectivity index (χ4n) is 1.26. The van der Waals surface area contributed by atoms with E-state index in [1.807, 2.05) is 17.8 Å². The number of rotatable bonds is 7. The lowest BCUT2D eigenvalue weighted by atomic mass is 10.2. The van der Waals surface area contributed by atoms with Gasteiger partial charge in [0.2, 0.25) is 0 Å². The molecular formula is C11H21N3OS. The zero-order valence-electron chi connectivity index (χ0n) is 10.2. The number of aliphatic hydroxyl groups is 1. The second kappa shape index (κ2) is 6.93. The number of aromatic nitrogens is 2. The molecule has 1 rings (SSSR count). The molecule has 0 radical (unpaired) electrons. The first-order valence-corrected chi connectivity index (χ1v) is 6.57. The standard InChI is InChI=1S/C11H21N3OS/c1-9(2)6-12-7-10(15)8-16-11-13-4-5-14(11)3/h4-5,9-10,12,15H,6-8H2,1-3H3. The predicted molar refractivity (Wildman–Crippen MR) is 67.6 cm³/mol. The Hall–Kier alpha value is -0.520. The van der Waals surface area contributed by atoms with Crippen molar-refractivity contribution in [2.75, 3.05) is 18.8 Å². The van der Waals surface area contributed by atoms with Crippen LogP contribution in [0.3, 0.4) is 0 Å². The molecule has 16 heavy (non-hydrogen) atoms. The average molecular weight is 243 g/mol. The van der Waals surface area contributed by atoms with Crippen LogP contribution in [0.5, 0.6) is 0 Å². The molecule has 0 saturated carbocycles. The van der Waals surface area contributed by atoms with E-state index in [1.54, 1.807) is 18.0 Å². The number of aryl methyl sites for hydroxylation is 1. The van der Waals surface area contributed by atoms with Crippen molar-refractivity contribution in [2.45, 2.75) is 25.1 Å². The Bertz CT molecular complexity index is 301. The summed E-state index contributed by atoms with van der Waals surface area (Å²) in [6, 6.07) is 0. The van der Waals surface area contributed by atoms with Crippen molar-refractivity contribution in [3.63, 3.8) is 0 Å². The molecule has 92 valence electrons. The number of hydrogen-bond donors (Lipinski definition) is 2. The SMILES string of the molecule is CC(C)CNCC(O)CSc1nccn1C. The van der Waals surface area contributed by atoms with Gasteiger partial charge in [0.25, 0.3) is 0 Å². The van der Waals surface area contributed by atoms with Crippen LogP contribution >= 0.6 is 11.8 Å². The molecule has 0 aromatic carbocycles. The smallest absolute Gasteiger partial charge is 0.167 e. The van der Waals surface area contributed by atoms with Crippen molar-refractivity contribution < 1.29 is 5.11 Å². The van der Waals surface area contributed by atoms with E-state index in [9.17, 15) is 5.11 Å². The van der Waals surface area contributed by atoms with Gasteiger partial charge in [-0.25, -0.2) is 4.98 Å². The zero-order chi connectivity index (χ0) is 12.0. The van der Waals surface area contributed by atoms with Gasteiger partial charge >= 0.3 is 0 Å². The first kappa shape index (κ1) is 13.5. The second-order valence-corrected chi connectivity index (χ2v) is 5.32. The lowest BCUT2D eigenvalue weighted by Gasteiger charge is -2.12. The highest BCUT2D eigenvalue weighted by Crippen LogP contribution is 2.15. The van der Waals surface area contributed by atoms with Crippen molar-refractivity contribution in [3.05, 3.63) is 12.4 Å². The number of thioether (sulfide) groups is 1. The Balaban J connectivity index is 2.15. The Labute approximate surface area is 101 Å². The number of nitrogens with zero attached hydrogens (tertiary/aromatic N) is 2. The molecule has 1 heterocycles. The van der Waals surface area contributed by atoms with Crippen LogP contribution in [0.4, 0.5) is 0 Å². The maximum Gasteiger partial charge on any atom is 0.167 e. The molecule has 0 saturated heterocycles. The maximum atomic E-state index is 9.73. The normalized spacial score (nSPS) is 13.3. The Morgan fingerprint density at radius 1 is 1.50 bits per heavy atom. The summed E-state index contributed by atoms with van der Waals surface area (Å²) in [4.78, 5) is 4.19. The van der Waals surface area contributed by atoms with E-state index in [1.165, 1.54) is 0 Å². The minimum absolute atomic E-state index is 0.319. The molecule has 0 aliphatic carbocycles. The summed E-state index contributed by atoms with van der Waals surface area (Å²) in [5.41, 5.74) is 0. The highest BCUT2D eigenvalue weighted by Gasteiger charge is 2.07. The van der Waals surface area contributed by atoms with Gasteiger partial charge in [-0.15, -0.1) is 0 Å². The topological polar surface area (TPSA) is 50.1 Å². The fraction of sp³-hybridized carbons (Fsp3) is 0.727. The average Bonchev–Trinajstić information content (AvgIpc) is 2.60. The van der Waals surface area contributed by atoms with Gasteiger partial charge in [-0.2, -0.15) is 0 Å². The monoisotopic (exact) mass is 243 g/mol. The number of imidazole rings is 1. The van der Waals surface area contributed by atoms with Gasteiger partial charge < -0.3 is 15.0 Å². The van der Waals surface area contributed by atoms with Gasteiger partial charge in [0.1, 0.15) is 0 Å². The zero-order valence-corrected chi connectivity index (χ0v) is 11.0. The summed E-state index contributed by atoms with van der Waals surface area (Å²) in [5.74, 6) is 1.30. The van der Waals surface area contributed by atoms with Crippen LogP contribution in [-0.2, 0) is 7.05 Å². The van der Waals surface area contributed by atoms with Crippen molar-refractivity contribution in [1.82, 2.24) is 14.9 Å². The molecule has 1 atom stereocenters. The minimum atomic E-state index is -0.319. The summed E-state index contributed by atoms with van der Waals surface area (Å²) in [6.45, 7) is 5.91. The minimum Gasteiger partial charge on any atom is -0.391 e. The maximum absolute atomic E-state index is 9.73. The van der Waals surface area contributed by atoms with E-state index in [0.717, 1.165) is 11.7 Å². The lowest BCUT2D eigenvalue weighted by Crippen LogP contribution is -2.31. The molecule has 0 spiro atoms. The molecular weight excluding hydrogens is 222 g/mol. The highest BCUT2D eigenvalue weighted by molar-refractivity contribution is 7.99. The van der Waals surface area contributed by atoms with Crippen LogP contribution in [0, 0.1) is 5.92 Å². The lowest BCUT2D eigenvalue weighted by molar-refractivity contribution is 0.194. The first-order chi connectivity index (χ1) is 7.59. The van der Waals surface area contributed by atoms with E-state index in [0.29, 0.717) is 18.2 Å². The van der Waals surface area contributed by atoms with Crippen LogP contribution < -0.4 is 5.32 Å². The summed E-state index contributed by atoms with van der Waals surface area (Å²) in [7, 11) is 1.96. The molecule has 1 aromatic rings. The quantitative estimate of drug-likeness (QED) is 0.705. The summed E-state index contributed by atoms with van der Waals surface area (Å²) >= 11 is 1.58. The Morgan fingerprint density at radius 2 is 2.25 bits per heavy atom. The van der Waals surface area contributed by atoms with Gasteiger partial charge in [0.15, 0.2) is 5.16 Å². The van der Waals surface area contributed by atoms with Crippen molar-refractivity contribution in [1.29, 1.82) is 0 Å². The molecule has 0 aliphatic rings. The van der Waals surface area contributed by atoms with Crippen LogP contribution in [-0.4, -0.2) is 39.6 Å². The summed E-state index contributed by atoms with van der Waals surface area (Å²) in [6.07, 6.45) is 3.36. The van der Waals surface area contributed by atoms with Gasteiger partial charge in [-0.05, 0) is 12.5 Å². The molecule has 5 heteroatoms. The van der Waals surface area contributed by atoms with E-state index < -0.39 is 0 Å². The molecule has 0 fully saturated rings. The van der Waals surface area contributed by atoms with Crippen LogP contribution in [0.2, 0.25) is 0 Å². The van der Waals surface area contributed by atoms with Crippen molar-refractivity contribution in [3.8, 4) is 0 Å². The van der Waals surface area contributed by atoms with Gasteiger partial charge in [-0.1, -0.05) is 25.6 Å². The van der Waals surface area contributed by atoms with Gasteiger partial charge in [0.05, 0.1) is 6.10 Å². The molecule has 0 aliphatic heterocycles. The predicted octanol–water partition coefficient (Wildman–Crippen LogP) is 1.12. The molecule has 1 unspecified atom stereocenters. The van der Waals surface area contributed by atoms with Crippen molar-refractivity contribution >= 4 is 11.8 Å². The Kier molecular flexibility index (Phi) is 5.87. The number of hydrogen-bond acceptors (Lipinski definition) is 4. The fourth-order valence-corrected chi connectivity index (χ4v) is 2.12. The third-order valence-corrected chi connectivity index (χ3v) is 3.32. The number of aliphatic hydroxyl groups excluding tert-OH is 1. The molecule has 2 N–H and O–H groups in total.